The molecule has 1 N–H and O–H groups in total. The minimum Gasteiger partial charge on any atom is -0.497 e. The Morgan fingerprint density at radius 3 is 2.31 bits per heavy atom. The highest BCUT2D eigenvalue weighted by molar-refractivity contribution is 7.92. The van der Waals surface area contributed by atoms with Crippen molar-refractivity contribution in [3.8, 4) is 5.75 Å². The van der Waals surface area contributed by atoms with Gasteiger partial charge < -0.3 is 15.0 Å². The number of anilines is 1. The van der Waals surface area contributed by atoms with Gasteiger partial charge in [0.05, 0.1) is 19.1 Å². The highest BCUT2D eigenvalue weighted by Gasteiger charge is 2.30. The molecule has 0 radical (unpaired) electrons. The Bertz CT molecular complexity index is 1150. The maximum Gasteiger partial charge on any atom is 0.244 e. The fourth-order valence-corrected chi connectivity index (χ4v) is 4.50. The number of hydrogen-bond donors (Lipinski definition) is 1. The van der Waals surface area contributed by atoms with Crippen LogP contribution < -0.4 is 14.4 Å². The molecule has 0 aliphatic heterocycles. The van der Waals surface area contributed by atoms with Crippen LogP contribution in [0.2, 0.25) is 0 Å². The lowest BCUT2D eigenvalue weighted by molar-refractivity contribution is -0.139. The zero-order chi connectivity index (χ0) is 26.3. The van der Waals surface area contributed by atoms with Crippen LogP contribution in [0.3, 0.4) is 0 Å². The molecule has 1 atom stereocenters. The molecule has 0 saturated heterocycles. The molecule has 35 heavy (non-hydrogen) atoms. The molecule has 0 aromatic heterocycles. The first kappa shape index (κ1) is 28.2. The van der Waals surface area contributed by atoms with Crippen LogP contribution in [0.4, 0.5) is 5.69 Å². The number of carbonyl (C=O) groups is 2. The van der Waals surface area contributed by atoms with Crippen LogP contribution in [0.15, 0.2) is 42.5 Å². The SMILES string of the molecule is COc1cccc(CN(C(=O)CN(c2cccc(C)c2C)S(C)(=O)=O)[C@@H](C)C(=O)NCC(C)C)c1. The second kappa shape index (κ2) is 12.1. The summed E-state index contributed by atoms with van der Waals surface area (Å²) in [5, 5.41) is 2.87. The maximum atomic E-state index is 13.6. The Labute approximate surface area is 209 Å². The van der Waals surface area contributed by atoms with Crippen molar-refractivity contribution in [2.45, 2.75) is 47.2 Å². The Hall–Kier alpha value is -3.07. The highest BCUT2D eigenvalue weighted by Crippen LogP contribution is 2.25. The fraction of sp³-hybridized carbons (Fsp3) is 0.462. The van der Waals surface area contributed by atoms with E-state index in [0.29, 0.717) is 18.0 Å². The van der Waals surface area contributed by atoms with Gasteiger partial charge in [-0.25, -0.2) is 8.42 Å². The first-order chi connectivity index (χ1) is 16.3. The topological polar surface area (TPSA) is 96.0 Å². The molecule has 0 spiro atoms. The number of carbonyl (C=O) groups excluding carboxylic acids is 2. The lowest BCUT2D eigenvalue weighted by atomic mass is 10.1. The Morgan fingerprint density at radius 1 is 1.06 bits per heavy atom. The first-order valence-corrected chi connectivity index (χ1v) is 13.4. The van der Waals surface area contributed by atoms with E-state index in [4.69, 9.17) is 4.74 Å². The van der Waals surface area contributed by atoms with Crippen LogP contribution in [0.25, 0.3) is 0 Å². The Kier molecular flexibility index (Phi) is 9.71. The van der Waals surface area contributed by atoms with Gasteiger partial charge in [-0.1, -0.05) is 38.1 Å². The molecule has 0 saturated carbocycles. The van der Waals surface area contributed by atoms with E-state index >= 15 is 0 Å². The quantitative estimate of drug-likeness (QED) is 0.508. The van der Waals surface area contributed by atoms with Crippen molar-refractivity contribution in [1.29, 1.82) is 0 Å². The Morgan fingerprint density at radius 2 is 1.71 bits per heavy atom. The minimum absolute atomic E-state index is 0.122. The third-order valence-corrected chi connectivity index (χ3v) is 6.99. The third kappa shape index (κ3) is 7.71. The molecule has 2 amide bonds. The second-order valence-corrected chi connectivity index (χ2v) is 11.1. The van der Waals surface area contributed by atoms with Gasteiger partial charge in [-0.2, -0.15) is 0 Å². The summed E-state index contributed by atoms with van der Waals surface area (Å²) in [6.45, 7) is 9.50. The van der Waals surface area contributed by atoms with Crippen LogP contribution in [0.1, 0.15) is 37.5 Å². The largest absolute Gasteiger partial charge is 0.497 e. The summed E-state index contributed by atoms with van der Waals surface area (Å²) in [6, 6.07) is 11.7. The van der Waals surface area contributed by atoms with Crippen molar-refractivity contribution in [3.63, 3.8) is 0 Å². The molecule has 192 valence electrons. The number of rotatable bonds is 11. The summed E-state index contributed by atoms with van der Waals surface area (Å²) in [4.78, 5) is 27.9. The molecular weight excluding hydrogens is 466 g/mol. The van der Waals surface area contributed by atoms with E-state index in [1.54, 1.807) is 44.4 Å². The molecule has 0 heterocycles. The molecule has 0 aliphatic rings. The average Bonchev–Trinajstić information content (AvgIpc) is 2.80. The number of nitrogens with one attached hydrogen (secondary N) is 1. The molecule has 0 bridgehead atoms. The second-order valence-electron chi connectivity index (χ2n) is 9.18. The van der Waals surface area contributed by atoms with Gasteiger partial charge in [-0.15, -0.1) is 0 Å². The van der Waals surface area contributed by atoms with Crippen molar-refractivity contribution in [2.24, 2.45) is 5.92 Å². The van der Waals surface area contributed by atoms with E-state index in [0.717, 1.165) is 27.3 Å². The Balaban J connectivity index is 2.43. The van der Waals surface area contributed by atoms with E-state index in [2.05, 4.69) is 5.32 Å². The number of aryl methyl sites for hydroxylation is 1. The number of hydrogen-bond acceptors (Lipinski definition) is 5. The minimum atomic E-state index is -3.77. The van der Waals surface area contributed by atoms with E-state index in [9.17, 15) is 18.0 Å². The summed E-state index contributed by atoms with van der Waals surface area (Å²) in [5.74, 6) is 0.0950. The number of methoxy groups -OCH3 is 1. The van der Waals surface area contributed by atoms with Crippen LogP contribution in [0.5, 0.6) is 5.75 Å². The molecule has 0 aliphatic carbocycles. The summed E-state index contributed by atoms with van der Waals surface area (Å²) in [5.41, 5.74) is 2.89. The number of amides is 2. The molecule has 2 aromatic carbocycles. The zero-order valence-corrected chi connectivity index (χ0v) is 22.5. The lowest BCUT2D eigenvalue weighted by Crippen LogP contribution is -2.51. The third-order valence-electron chi connectivity index (χ3n) is 5.86. The monoisotopic (exact) mass is 503 g/mol. The van der Waals surface area contributed by atoms with Crippen molar-refractivity contribution >= 4 is 27.5 Å². The molecule has 2 aromatic rings. The number of benzene rings is 2. The predicted octanol–water partition coefficient (Wildman–Crippen LogP) is 3.27. The molecule has 0 fully saturated rings. The fourth-order valence-electron chi connectivity index (χ4n) is 3.60. The number of sulfonamides is 1. The predicted molar refractivity (Wildman–Crippen MR) is 139 cm³/mol. The summed E-state index contributed by atoms with van der Waals surface area (Å²) in [7, 11) is -2.22. The van der Waals surface area contributed by atoms with Crippen LogP contribution in [0, 0.1) is 19.8 Å². The van der Waals surface area contributed by atoms with Gasteiger partial charge >= 0.3 is 0 Å². The smallest absolute Gasteiger partial charge is 0.244 e. The van der Waals surface area contributed by atoms with Crippen molar-refractivity contribution in [1.82, 2.24) is 10.2 Å². The molecule has 0 unspecified atom stereocenters. The zero-order valence-electron chi connectivity index (χ0n) is 21.7. The molecule has 9 heteroatoms. The molecular formula is C26H37N3O5S. The molecule has 8 nitrogen and oxygen atoms in total. The van der Waals surface area contributed by atoms with E-state index in [1.165, 1.54) is 4.90 Å². The molecule has 2 rings (SSSR count). The van der Waals surface area contributed by atoms with Crippen LogP contribution in [-0.4, -0.2) is 57.6 Å². The maximum absolute atomic E-state index is 13.6. The van der Waals surface area contributed by atoms with Gasteiger partial charge in [-0.3, -0.25) is 13.9 Å². The summed E-state index contributed by atoms with van der Waals surface area (Å²) < 4.78 is 31.9. The van der Waals surface area contributed by atoms with Gasteiger partial charge in [0.2, 0.25) is 21.8 Å². The number of ether oxygens (including phenoxy) is 1. The summed E-state index contributed by atoms with van der Waals surface area (Å²) in [6.07, 6.45) is 1.08. The van der Waals surface area contributed by atoms with Gasteiger partial charge in [0.25, 0.3) is 0 Å². The van der Waals surface area contributed by atoms with Crippen LogP contribution >= 0.6 is 0 Å². The number of nitrogens with zero attached hydrogens (tertiary/aromatic N) is 2. The lowest BCUT2D eigenvalue weighted by Gasteiger charge is -2.32. The van der Waals surface area contributed by atoms with Crippen molar-refractivity contribution < 1.29 is 22.7 Å². The average molecular weight is 504 g/mol. The van der Waals surface area contributed by atoms with Gasteiger partial charge in [0.1, 0.15) is 18.3 Å². The normalized spacial score (nSPS) is 12.2. The highest BCUT2D eigenvalue weighted by atomic mass is 32.2. The van der Waals surface area contributed by atoms with Crippen LogP contribution in [-0.2, 0) is 26.2 Å². The van der Waals surface area contributed by atoms with E-state index in [1.807, 2.05) is 39.8 Å². The van der Waals surface area contributed by atoms with E-state index < -0.39 is 28.5 Å². The standard InChI is InChI=1S/C26H37N3O5S/c1-18(2)15-27-26(31)21(5)28(16-22-11-9-12-23(14-22)34-6)25(30)17-29(35(7,32)33)24-13-8-10-19(3)20(24)4/h8-14,18,21H,15-17H2,1-7H3,(H,27,31)/t21-/m0/s1. The van der Waals surface area contributed by atoms with Crippen molar-refractivity contribution in [2.75, 3.05) is 30.8 Å². The van der Waals surface area contributed by atoms with Gasteiger partial charge in [0.15, 0.2) is 0 Å². The van der Waals surface area contributed by atoms with Gasteiger partial charge in [0, 0.05) is 13.1 Å². The van der Waals surface area contributed by atoms with Gasteiger partial charge in [-0.05, 0) is 61.6 Å². The van der Waals surface area contributed by atoms with Crippen molar-refractivity contribution in [3.05, 3.63) is 59.2 Å². The summed E-state index contributed by atoms with van der Waals surface area (Å²) >= 11 is 0. The first-order valence-electron chi connectivity index (χ1n) is 11.6. The van der Waals surface area contributed by atoms with E-state index in [-0.39, 0.29) is 18.4 Å².